The van der Waals surface area contributed by atoms with E-state index in [0.29, 0.717) is 17.1 Å². The fourth-order valence-electron chi connectivity index (χ4n) is 1.78. The van der Waals surface area contributed by atoms with Crippen LogP contribution in [0, 0.1) is 6.92 Å². The van der Waals surface area contributed by atoms with Crippen LogP contribution in [0.2, 0.25) is 0 Å². The maximum absolute atomic E-state index is 10.9. The van der Waals surface area contributed by atoms with Crippen LogP contribution in [0.3, 0.4) is 0 Å². The first-order valence-electron chi connectivity index (χ1n) is 5.38. The van der Waals surface area contributed by atoms with Crippen LogP contribution in [0.4, 0.5) is 0 Å². The van der Waals surface area contributed by atoms with Crippen molar-refractivity contribution in [2.45, 2.75) is 19.0 Å². The summed E-state index contributed by atoms with van der Waals surface area (Å²) in [6, 6.07) is 1.37. The number of carboxylic acid groups (broad SMARTS) is 1. The highest BCUT2D eigenvalue weighted by atomic mass is 16.5. The van der Waals surface area contributed by atoms with E-state index in [1.54, 1.807) is 19.1 Å². The van der Waals surface area contributed by atoms with E-state index in [9.17, 15) is 4.79 Å². The highest BCUT2D eigenvalue weighted by Gasteiger charge is 2.26. The molecule has 5 N–H and O–H groups in total. The topological polar surface area (TPSA) is 108 Å². The zero-order valence-electron chi connectivity index (χ0n) is 10.6. The Balaban J connectivity index is 3.26. The van der Waals surface area contributed by atoms with Gasteiger partial charge in [0.1, 0.15) is 17.5 Å². The van der Waals surface area contributed by atoms with Crippen molar-refractivity contribution >= 4 is 5.97 Å². The molecule has 1 aromatic carbocycles. The van der Waals surface area contributed by atoms with Crippen LogP contribution in [0.5, 0.6) is 11.5 Å². The lowest BCUT2D eigenvalue weighted by Crippen LogP contribution is -2.41. The van der Waals surface area contributed by atoms with Gasteiger partial charge >= 0.3 is 5.97 Å². The minimum absolute atomic E-state index is 0.469. The van der Waals surface area contributed by atoms with E-state index < -0.39 is 18.1 Å². The molecular formula is C12H18N2O4. The quantitative estimate of drug-likeness (QED) is 0.703. The van der Waals surface area contributed by atoms with Gasteiger partial charge in [-0.3, -0.25) is 4.79 Å². The van der Waals surface area contributed by atoms with Gasteiger partial charge in [-0.15, -0.1) is 0 Å². The summed E-state index contributed by atoms with van der Waals surface area (Å²) >= 11 is 0. The smallest absolute Gasteiger partial charge is 0.322 e. The van der Waals surface area contributed by atoms with Crippen LogP contribution in [-0.4, -0.2) is 31.3 Å². The molecule has 1 rings (SSSR count). The normalized spacial score (nSPS) is 13.8. The van der Waals surface area contributed by atoms with Gasteiger partial charge in [0, 0.05) is 11.6 Å². The number of rotatable bonds is 5. The van der Waals surface area contributed by atoms with E-state index in [2.05, 4.69) is 0 Å². The second-order valence-corrected chi connectivity index (χ2v) is 3.95. The van der Waals surface area contributed by atoms with Gasteiger partial charge in [-0.25, -0.2) is 0 Å². The summed E-state index contributed by atoms with van der Waals surface area (Å²) < 4.78 is 10.3. The third-order valence-corrected chi connectivity index (χ3v) is 2.78. The Morgan fingerprint density at radius 3 is 2.33 bits per heavy atom. The van der Waals surface area contributed by atoms with Gasteiger partial charge in [0.2, 0.25) is 0 Å². The van der Waals surface area contributed by atoms with Gasteiger partial charge in [-0.2, -0.15) is 0 Å². The van der Waals surface area contributed by atoms with Gasteiger partial charge in [0.25, 0.3) is 0 Å². The number of carboxylic acids is 1. The summed E-state index contributed by atoms with van der Waals surface area (Å²) in [6.07, 6.45) is 0. The van der Waals surface area contributed by atoms with E-state index >= 15 is 0 Å². The van der Waals surface area contributed by atoms with Gasteiger partial charge in [-0.1, -0.05) is 0 Å². The van der Waals surface area contributed by atoms with E-state index in [0.717, 1.165) is 5.56 Å². The number of methoxy groups -OCH3 is 2. The van der Waals surface area contributed by atoms with Crippen molar-refractivity contribution in [3.8, 4) is 11.5 Å². The molecule has 0 fully saturated rings. The van der Waals surface area contributed by atoms with Gasteiger partial charge in [-0.05, 0) is 18.6 Å². The number of hydrogen-bond donors (Lipinski definition) is 3. The van der Waals surface area contributed by atoms with Crippen LogP contribution < -0.4 is 20.9 Å². The number of nitrogens with two attached hydrogens (primary N) is 2. The van der Waals surface area contributed by atoms with Crippen LogP contribution in [0.25, 0.3) is 0 Å². The van der Waals surface area contributed by atoms with Crippen LogP contribution in [-0.2, 0) is 4.79 Å². The number of ether oxygens (including phenoxy) is 2. The Hall–Kier alpha value is -1.79. The summed E-state index contributed by atoms with van der Waals surface area (Å²) in [5, 5.41) is 8.90. The highest BCUT2D eigenvalue weighted by Crippen LogP contribution is 2.33. The first-order chi connectivity index (χ1) is 8.42. The van der Waals surface area contributed by atoms with Crippen molar-refractivity contribution in [1.82, 2.24) is 0 Å². The summed E-state index contributed by atoms with van der Waals surface area (Å²) in [5.74, 6) is -0.0694. The molecule has 18 heavy (non-hydrogen) atoms. The fraction of sp³-hybridized carbons (Fsp3) is 0.417. The molecule has 0 saturated heterocycles. The van der Waals surface area contributed by atoms with Crippen molar-refractivity contribution in [2.75, 3.05) is 14.2 Å². The second kappa shape index (κ2) is 5.70. The fourth-order valence-corrected chi connectivity index (χ4v) is 1.78. The molecule has 100 valence electrons. The van der Waals surface area contributed by atoms with Crippen LogP contribution >= 0.6 is 0 Å². The largest absolute Gasteiger partial charge is 0.497 e. The Labute approximate surface area is 105 Å². The molecule has 0 spiro atoms. The second-order valence-electron chi connectivity index (χ2n) is 3.95. The first kappa shape index (κ1) is 14.3. The predicted molar refractivity (Wildman–Crippen MR) is 66.8 cm³/mol. The van der Waals surface area contributed by atoms with Crippen molar-refractivity contribution in [2.24, 2.45) is 11.5 Å². The molecule has 2 unspecified atom stereocenters. The van der Waals surface area contributed by atoms with E-state index in [1.165, 1.54) is 14.2 Å². The molecule has 0 saturated carbocycles. The standard InChI is InChI=1S/C12H18N2O4/c1-6-4-7(17-2)5-8(18-3)9(6)10(13)11(14)12(15)16/h4-5,10-11H,13-14H2,1-3H3,(H,15,16). The monoisotopic (exact) mass is 254 g/mol. The molecule has 0 amide bonds. The lowest BCUT2D eigenvalue weighted by atomic mass is 9.95. The minimum Gasteiger partial charge on any atom is -0.497 e. The molecule has 0 aliphatic rings. The average molecular weight is 254 g/mol. The van der Waals surface area contributed by atoms with Crippen LogP contribution in [0.1, 0.15) is 17.2 Å². The van der Waals surface area contributed by atoms with Crippen molar-refractivity contribution in [3.63, 3.8) is 0 Å². The number of hydrogen-bond acceptors (Lipinski definition) is 5. The lowest BCUT2D eigenvalue weighted by Gasteiger charge is -2.21. The molecule has 1 aromatic rings. The molecule has 2 atom stereocenters. The average Bonchev–Trinajstić information content (AvgIpc) is 2.35. The Morgan fingerprint density at radius 1 is 1.28 bits per heavy atom. The Morgan fingerprint density at radius 2 is 1.89 bits per heavy atom. The molecule has 0 aromatic heterocycles. The lowest BCUT2D eigenvalue weighted by molar-refractivity contribution is -0.139. The first-order valence-corrected chi connectivity index (χ1v) is 5.38. The number of aliphatic carboxylic acids is 1. The van der Waals surface area contributed by atoms with E-state index in [4.69, 9.17) is 26.0 Å². The van der Waals surface area contributed by atoms with Crippen molar-refractivity contribution < 1.29 is 19.4 Å². The van der Waals surface area contributed by atoms with E-state index in [1.807, 2.05) is 0 Å². The Bertz CT molecular complexity index is 448. The minimum atomic E-state index is -1.19. The summed E-state index contributed by atoms with van der Waals surface area (Å²) in [6.45, 7) is 1.80. The van der Waals surface area contributed by atoms with Crippen LogP contribution in [0.15, 0.2) is 12.1 Å². The van der Waals surface area contributed by atoms with E-state index in [-0.39, 0.29) is 0 Å². The molecular weight excluding hydrogens is 236 g/mol. The van der Waals surface area contributed by atoms with Gasteiger partial charge in [0.15, 0.2) is 0 Å². The molecule has 0 aliphatic heterocycles. The number of aryl methyl sites for hydroxylation is 1. The maximum atomic E-state index is 10.9. The molecule has 0 heterocycles. The summed E-state index contributed by atoms with van der Waals surface area (Å²) in [5.41, 5.74) is 12.8. The number of carbonyl (C=O) groups is 1. The third kappa shape index (κ3) is 2.72. The molecule has 0 bridgehead atoms. The van der Waals surface area contributed by atoms with Crippen molar-refractivity contribution in [3.05, 3.63) is 23.3 Å². The SMILES string of the molecule is COc1cc(C)c(C(N)C(N)C(=O)O)c(OC)c1. The summed E-state index contributed by atoms with van der Waals surface area (Å²) in [7, 11) is 3.02. The molecule has 6 heteroatoms. The predicted octanol–water partition coefficient (Wildman–Crippen LogP) is 0.424. The van der Waals surface area contributed by atoms with Gasteiger partial charge < -0.3 is 26.0 Å². The van der Waals surface area contributed by atoms with Gasteiger partial charge in [0.05, 0.1) is 20.3 Å². The molecule has 0 radical (unpaired) electrons. The number of benzene rings is 1. The maximum Gasteiger partial charge on any atom is 0.322 e. The molecule has 6 nitrogen and oxygen atoms in total. The van der Waals surface area contributed by atoms with Crippen molar-refractivity contribution in [1.29, 1.82) is 0 Å². The zero-order valence-corrected chi connectivity index (χ0v) is 10.6. The Kier molecular flexibility index (Phi) is 4.52. The summed E-state index contributed by atoms with van der Waals surface area (Å²) in [4.78, 5) is 10.9. The molecule has 0 aliphatic carbocycles. The third-order valence-electron chi connectivity index (χ3n) is 2.78. The zero-order chi connectivity index (χ0) is 13.9. The highest BCUT2D eigenvalue weighted by molar-refractivity contribution is 5.75.